The molecule has 0 unspecified atom stereocenters. The molecule has 3 rings (SSSR count). The van der Waals surface area contributed by atoms with Gasteiger partial charge in [-0.2, -0.15) is 0 Å². The van der Waals surface area contributed by atoms with Crippen LogP contribution in [-0.4, -0.2) is 19.5 Å². The first kappa shape index (κ1) is 10.9. The highest BCUT2D eigenvalue weighted by atomic mass is 15.1. The third-order valence-corrected chi connectivity index (χ3v) is 3.15. The molecular formula is C14H14N4. The van der Waals surface area contributed by atoms with Gasteiger partial charge in [0.1, 0.15) is 12.0 Å². The number of aromatic nitrogens is 4. The van der Waals surface area contributed by atoms with Crippen molar-refractivity contribution in [2.24, 2.45) is 0 Å². The van der Waals surface area contributed by atoms with Crippen LogP contribution in [0.2, 0.25) is 0 Å². The zero-order chi connectivity index (χ0) is 12.5. The van der Waals surface area contributed by atoms with Crippen molar-refractivity contribution < 1.29 is 0 Å². The first-order valence-corrected chi connectivity index (χ1v) is 6.02. The molecule has 3 aromatic rings. The van der Waals surface area contributed by atoms with Gasteiger partial charge in [0, 0.05) is 17.8 Å². The number of nitrogens with zero attached hydrogens (tertiary/aromatic N) is 4. The molecule has 0 spiro atoms. The van der Waals surface area contributed by atoms with E-state index in [0.29, 0.717) is 0 Å². The summed E-state index contributed by atoms with van der Waals surface area (Å²) in [6.07, 6.45) is 8.35. The van der Waals surface area contributed by atoms with E-state index in [4.69, 9.17) is 0 Å². The number of rotatable bonds is 2. The third kappa shape index (κ3) is 1.66. The molecule has 18 heavy (non-hydrogen) atoms. The van der Waals surface area contributed by atoms with Crippen LogP contribution in [-0.2, 0) is 6.42 Å². The Morgan fingerprint density at radius 3 is 2.94 bits per heavy atom. The molecular weight excluding hydrogens is 224 g/mol. The van der Waals surface area contributed by atoms with Gasteiger partial charge in [-0.1, -0.05) is 6.92 Å². The highest BCUT2D eigenvalue weighted by Crippen LogP contribution is 2.20. The van der Waals surface area contributed by atoms with Crippen LogP contribution in [0.15, 0.2) is 37.1 Å². The van der Waals surface area contributed by atoms with E-state index in [9.17, 15) is 0 Å². The minimum absolute atomic E-state index is 0.928. The molecule has 0 amide bonds. The van der Waals surface area contributed by atoms with Gasteiger partial charge in [-0.3, -0.25) is 9.55 Å². The smallest absolute Gasteiger partial charge is 0.148 e. The molecule has 90 valence electrons. The molecule has 4 nitrogen and oxygen atoms in total. The molecule has 0 N–H and O–H groups in total. The number of aryl methyl sites for hydroxylation is 2. The Morgan fingerprint density at radius 2 is 2.11 bits per heavy atom. The van der Waals surface area contributed by atoms with E-state index in [1.54, 1.807) is 6.33 Å². The van der Waals surface area contributed by atoms with Crippen LogP contribution in [0.1, 0.15) is 18.2 Å². The van der Waals surface area contributed by atoms with E-state index in [2.05, 4.69) is 32.5 Å². The lowest BCUT2D eigenvalue weighted by molar-refractivity contribution is 1.02. The zero-order valence-electron chi connectivity index (χ0n) is 10.5. The number of pyridine rings is 1. The Hall–Kier alpha value is -2.23. The SMILES string of the molecule is CCc1cncc(-n2ccc3c(C)ncnc32)c1. The van der Waals surface area contributed by atoms with E-state index in [1.807, 2.05) is 31.6 Å². The highest BCUT2D eigenvalue weighted by Gasteiger charge is 2.07. The lowest BCUT2D eigenvalue weighted by Gasteiger charge is -2.06. The molecule has 0 atom stereocenters. The van der Waals surface area contributed by atoms with Crippen LogP contribution in [0.25, 0.3) is 16.7 Å². The Morgan fingerprint density at radius 1 is 1.22 bits per heavy atom. The molecule has 0 aliphatic carbocycles. The van der Waals surface area contributed by atoms with Crippen LogP contribution < -0.4 is 0 Å². The zero-order valence-corrected chi connectivity index (χ0v) is 10.5. The van der Waals surface area contributed by atoms with E-state index < -0.39 is 0 Å². The van der Waals surface area contributed by atoms with Crippen molar-refractivity contribution in [2.75, 3.05) is 0 Å². The van der Waals surface area contributed by atoms with Gasteiger partial charge in [-0.05, 0) is 31.0 Å². The molecule has 0 saturated heterocycles. The number of hydrogen-bond acceptors (Lipinski definition) is 3. The van der Waals surface area contributed by atoms with Gasteiger partial charge in [-0.15, -0.1) is 0 Å². The van der Waals surface area contributed by atoms with Gasteiger partial charge in [0.05, 0.1) is 17.6 Å². The summed E-state index contributed by atoms with van der Waals surface area (Å²) in [5.74, 6) is 0. The highest BCUT2D eigenvalue weighted by molar-refractivity contribution is 5.80. The predicted molar refractivity (Wildman–Crippen MR) is 70.8 cm³/mol. The summed E-state index contributed by atoms with van der Waals surface area (Å²) < 4.78 is 2.05. The van der Waals surface area contributed by atoms with Crippen molar-refractivity contribution in [3.63, 3.8) is 0 Å². The summed E-state index contributed by atoms with van der Waals surface area (Å²) >= 11 is 0. The van der Waals surface area contributed by atoms with Gasteiger partial charge in [0.15, 0.2) is 0 Å². The summed E-state index contributed by atoms with van der Waals surface area (Å²) in [6, 6.07) is 4.19. The van der Waals surface area contributed by atoms with Crippen LogP contribution in [0.3, 0.4) is 0 Å². The molecule has 0 fully saturated rings. The number of fused-ring (bicyclic) bond motifs is 1. The average Bonchev–Trinajstić information content (AvgIpc) is 2.84. The van der Waals surface area contributed by atoms with Crippen LogP contribution in [0.4, 0.5) is 0 Å². The maximum absolute atomic E-state index is 4.36. The van der Waals surface area contributed by atoms with Gasteiger partial charge >= 0.3 is 0 Å². The summed E-state index contributed by atoms with van der Waals surface area (Å²) in [5, 5.41) is 1.08. The molecule has 0 bridgehead atoms. The normalized spacial score (nSPS) is 11.0. The largest absolute Gasteiger partial charge is 0.300 e. The second-order valence-corrected chi connectivity index (χ2v) is 4.29. The fraction of sp³-hybridized carbons (Fsp3) is 0.214. The quantitative estimate of drug-likeness (QED) is 0.689. The molecule has 4 heteroatoms. The standard InChI is InChI=1S/C14H14N4/c1-3-11-6-12(8-15-7-11)18-5-4-13-10(2)16-9-17-14(13)18/h4-9H,3H2,1-2H3. The van der Waals surface area contributed by atoms with E-state index in [-0.39, 0.29) is 0 Å². The van der Waals surface area contributed by atoms with Gasteiger partial charge in [0.2, 0.25) is 0 Å². The Kier molecular flexibility index (Phi) is 2.55. The molecule has 0 aliphatic rings. The van der Waals surface area contributed by atoms with Crippen molar-refractivity contribution in [1.29, 1.82) is 0 Å². The van der Waals surface area contributed by atoms with Crippen LogP contribution in [0.5, 0.6) is 0 Å². The van der Waals surface area contributed by atoms with Gasteiger partial charge in [-0.25, -0.2) is 9.97 Å². The topological polar surface area (TPSA) is 43.6 Å². The Balaban J connectivity index is 2.22. The summed E-state index contributed by atoms with van der Waals surface area (Å²) in [5.41, 5.74) is 4.19. The summed E-state index contributed by atoms with van der Waals surface area (Å²) in [7, 11) is 0. The minimum Gasteiger partial charge on any atom is -0.300 e. The van der Waals surface area contributed by atoms with Gasteiger partial charge in [0.25, 0.3) is 0 Å². The van der Waals surface area contributed by atoms with Crippen molar-refractivity contribution in [2.45, 2.75) is 20.3 Å². The lowest BCUT2D eigenvalue weighted by Crippen LogP contribution is -1.97. The molecule has 3 heterocycles. The first-order valence-electron chi connectivity index (χ1n) is 6.02. The van der Waals surface area contributed by atoms with Crippen molar-refractivity contribution in [3.05, 3.63) is 48.3 Å². The van der Waals surface area contributed by atoms with Crippen LogP contribution >= 0.6 is 0 Å². The average molecular weight is 238 g/mol. The van der Waals surface area contributed by atoms with E-state index in [1.165, 1.54) is 5.56 Å². The lowest BCUT2D eigenvalue weighted by atomic mass is 10.2. The van der Waals surface area contributed by atoms with Gasteiger partial charge < -0.3 is 0 Å². The molecule has 0 aromatic carbocycles. The summed E-state index contributed by atoms with van der Waals surface area (Å²) in [6.45, 7) is 4.12. The second-order valence-electron chi connectivity index (χ2n) is 4.29. The molecule has 3 aromatic heterocycles. The minimum atomic E-state index is 0.928. The first-order chi connectivity index (χ1) is 8.79. The fourth-order valence-corrected chi connectivity index (χ4v) is 2.09. The third-order valence-electron chi connectivity index (χ3n) is 3.15. The molecule has 0 saturated carbocycles. The fourth-order valence-electron chi connectivity index (χ4n) is 2.09. The van der Waals surface area contributed by atoms with Crippen LogP contribution in [0, 0.1) is 6.92 Å². The summed E-state index contributed by atoms with van der Waals surface area (Å²) in [4.78, 5) is 12.8. The van der Waals surface area contributed by atoms with E-state index in [0.717, 1.165) is 28.8 Å². The van der Waals surface area contributed by atoms with E-state index >= 15 is 0 Å². The maximum atomic E-state index is 4.36. The number of hydrogen-bond donors (Lipinski definition) is 0. The van der Waals surface area contributed by atoms with Crippen molar-refractivity contribution >= 4 is 11.0 Å². The Labute approximate surface area is 105 Å². The second kappa shape index (κ2) is 4.22. The monoisotopic (exact) mass is 238 g/mol. The van der Waals surface area contributed by atoms with Crippen molar-refractivity contribution in [1.82, 2.24) is 19.5 Å². The molecule has 0 aliphatic heterocycles. The Bertz CT molecular complexity index is 700. The predicted octanol–water partition coefficient (Wildman–Crippen LogP) is 2.69. The van der Waals surface area contributed by atoms with Crippen molar-refractivity contribution in [3.8, 4) is 5.69 Å². The molecule has 0 radical (unpaired) electrons. The maximum Gasteiger partial charge on any atom is 0.148 e.